The predicted molar refractivity (Wildman–Crippen MR) is 77.8 cm³/mol. The van der Waals surface area contributed by atoms with Gasteiger partial charge in [0.25, 0.3) is 0 Å². The number of aryl methyl sites for hydroxylation is 1. The summed E-state index contributed by atoms with van der Waals surface area (Å²) in [5, 5.41) is 0. The van der Waals surface area contributed by atoms with Crippen molar-refractivity contribution in [2.75, 3.05) is 6.79 Å². The number of fused-ring (bicyclic) bond motifs is 1. The standard InChI is InChI=1S/C15H15NO4S/c1-11-2-5-13(6-3-11)21(17,18)16-9-12-4-7-14-15(8-12)20-10-19-14/h2-8,16H,9-10H2,1H3. The maximum Gasteiger partial charge on any atom is 0.240 e. The molecule has 5 nitrogen and oxygen atoms in total. The van der Waals surface area contributed by atoms with Gasteiger partial charge in [-0.25, -0.2) is 13.1 Å². The van der Waals surface area contributed by atoms with Crippen LogP contribution in [0.25, 0.3) is 0 Å². The van der Waals surface area contributed by atoms with Crippen molar-refractivity contribution in [1.82, 2.24) is 4.72 Å². The van der Waals surface area contributed by atoms with Crippen molar-refractivity contribution < 1.29 is 17.9 Å². The minimum absolute atomic E-state index is 0.201. The first kappa shape index (κ1) is 13.9. The third-order valence-corrected chi connectivity index (χ3v) is 4.65. The van der Waals surface area contributed by atoms with Crippen LogP contribution in [0.1, 0.15) is 11.1 Å². The smallest absolute Gasteiger partial charge is 0.240 e. The number of nitrogens with one attached hydrogen (secondary N) is 1. The van der Waals surface area contributed by atoms with Crippen molar-refractivity contribution in [3.8, 4) is 11.5 Å². The normalized spacial score (nSPS) is 13.4. The molecule has 1 N–H and O–H groups in total. The van der Waals surface area contributed by atoms with Gasteiger partial charge in [-0.1, -0.05) is 23.8 Å². The Hall–Kier alpha value is -2.05. The summed E-state index contributed by atoms with van der Waals surface area (Å²) in [6, 6.07) is 12.1. The first-order valence-corrected chi connectivity index (χ1v) is 7.98. The summed E-state index contributed by atoms with van der Waals surface area (Å²) in [6.07, 6.45) is 0. The van der Waals surface area contributed by atoms with E-state index in [1.54, 1.807) is 36.4 Å². The fourth-order valence-corrected chi connectivity index (χ4v) is 3.05. The zero-order valence-corrected chi connectivity index (χ0v) is 12.3. The zero-order valence-electron chi connectivity index (χ0n) is 11.5. The molecule has 21 heavy (non-hydrogen) atoms. The number of hydrogen-bond donors (Lipinski definition) is 1. The van der Waals surface area contributed by atoms with Gasteiger partial charge in [0.15, 0.2) is 11.5 Å². The molecule has 3 rings (SSSR count). The van der Waals surface area contributed by atoms with E-state index >= 15 is 0 Å². The lowest BCUT2D eigenvalue weighted by Crippen LogP contribution is -2.23. The molecular formula is C15H15NO4S. The SMILES string of the molecule is Cc1ccc(S(=O)(=O)NCc2ccc3c(c2)OCO3)cc1. The number of rotatable bonds is 4. The second kappa shape index (κ2) is 5.38. The minimum Gasteiger partial charge on any atom is -0.454 e. The molecule has 0 radical (unpaired) electrons. The maximum atomic E-state index is 12.2. The summed E-state index contributed by atoms with van der Waals surface area (Å²) < 4.78 is 37.4. The van der Waals surface area contributed by atoms with Gasteiger partial charge in [-0.2, -0.15) is 0 Å². The molecule has 0 aromatic heterocycles. The highest BCUT2D eigenvalue weighted by Gasteiger charge is 2.16. The third-order valence-electron chi connectivity index (χ3n) is 3.23. The molecule has 2 aromatic carbocycles. The van der Waals surface area contributed by atoms with Gasteiger partial charge in [0.1, 0.15) is 0 Å². The summed E-state index contributed by atoms with van der Waals surface area (Å²) in [5.41, 5.74) is 1.83. The van der Waals surface area contributed by atoms with Gasteiger partial charge in [-0.3, -0.25) is 0 Å². The fraction of sp³-hybridized carbons (Fsp3) is 0.200. The predicted octanol–water partition coefficient (Wildman–Crippen LogP) is 2.20. The second-order valence-corrected chi connectivity index (χ2v) is 6.59. The highest BCUT2D eigenvalue weighted by molar-refractivity contribution is 7.89. The van der Waals surface area contributed by atoms with Crippen LogP contribution in [0.2, 0.25) is 0 Å². The van der Waals surface area contributed by atoms with E-state index in [-0.39, 0.29) is 18.2 Å². The van der Waals surface area contributed by atoms with E-state index in [1.165, 1.54) is 0 Å². The van der Waals surface area contributed by atoms with Crippen LogP contribution in [0, 0.1) is 6.92 Å². The summed E-state index contributed by atoms with van der Waals surface area (Å²) in [6.45, 7) is 2.32. The highest BCUT2D eigenvalue weighted by Crippen LogP contribution is 2.32. The van der Waals surface area contributed by atoms with Gasteiger partial charge in [0, 0.05) is 6.54 Å². The molecule has 0 saturated heterocycles. The highest BCUT2D eigenvalue weighted by atomic mass is 32.2. The molecule has 2 aromatic rings. The number of ether oxygens (including phenoxy) is 2. The first-order chi connectivity index (χ1) is 10.0. The van der Waals surface area contributed by atoms with Crippen LogP contribution in [0.5, 0.6) is 11.5 Å². The lowest BCUT2D eigenvalue weighted by molar-refractivity contribution is 0.174. The molecule has 0 bridgehead atoms. The lowest BCUT2D eigenvalue weighted by Gasteiger charge is -2.08. The molecule has 0 unspecified atom stereocenters. The Labute approximate surface area is 123 Å². The second-order valence-electron chi connectivity index (χ2n) is 4.83. The molecule has 1 aliphatic rings. The molecular weight excluding hydrogens is 290 g/mol. The van der Waals surface area contributed by atoms with Gasteiger partial charge in [0.05, 0.1) is 4.90 Å². The summed E-state index contributed by atoms with van der Waals surface area (Å²) in [7, 11) is -3.51. The van der Waals surface area contributed by atoms with Crippen molar-refractivity contribution >= 4 is 10.0 Å². The van der Waals surface area contributed by atoms with E-state index in [0.29, 0.717) is 11.5 Å². The van der Waals surface area contributed by atoms with Crippen molar-refractivity contribution in [2.45, 2.75) is 18.4 Å². The Kier molecular flexibility index (Phi) is 3.57. The summed E-state index contributed by atoms with van der Waals surface area (Å²) in [5.74, 6) is 1.32. The first-order valence-electron chi connectivity index (χ1n) is 6.49. The lowest BCUT2D eigenvalue weighted by atomic mass is 10.2. The zero-order chi connectivity index (χ0) is 14.9. The van der Waals surface area contributed by atoms with Crippen molar-refractivity contribution in [1.29, 1.82) is 0 Å². The van der Waals surface area contributed by atoms with Crippen LogP contribution in [0.15, 0.2) is 47.4 Å². The van der Waals surface area contributed by atoms with Crippen molar-refractivity contribution in [3.63, 3.8) is 0 Å². The van der Waals surface area contributed by atoms with Crippen molar-refractivity contribution in [3.05, 3.63) is 53.6 Å². The third kappa shape index (κ3) is 3.01. The van der Waals surface area contributed by atoms with Gasteiger partial charge in [-0.05, 0) is 36.8 Å². The summed E-state index contributed by atoms with van der Waals surface area (Å²) in [4.78, 5) is 0.258. The van der Waals surface area contributed by atoms with E-state index < -0.39 is 10.0 Å². The van der Waals surface area contributed by atoms with Crippen LogP contribution in [0.3, 0.4) is 0 Å². The van der Waals surface area contributed by atoms with Gasteiger partial charge in [0.2, 0.25) is 16.8 Å². The average Bonchev–Trinajstić information content (AvgIpc) is 2.93. The van der Waals surface area contributed by atoms with E-state index in [1.807, 2.05) is 13.0 Å². The number of benzene rings is 2. The van der Waals surface area contributed by atoms with Crippen LogP contribution in [-0.4, -0.2) is 15.2 Å². The van der Waals surface area contributed by atoms with Gasteiger partial charge in [-0.15, -0.1) is 0 Å². The summed E-state index contributed by atoms with van der Waals surface area (Å²) >= 11 is 0. The van der Waals surface area contributed by atoms with Crippen LogP contribution >= 0.6 is 0 Å². The largest absolute Gasteiger partial charge is 0.454 e. The molecule has 0 fully saturated rings. The van der Waals surface area contributed by atoms with E-state index in [2.05, 4.69) is 4.72 Å². The van der Waals surface area contributed by atoms with E-state index in [9.17, 15) is 8.42 Å². The van der Waals surface area contributed by atoms with Gasteiger partial charge < -0.3 is 9.47 Å². The molecule has 0 spiro atoms. The molecule has 0 aliphatic carbocycles. The quantitative estimate of drug-likeness (QED) is 0.940. The fourth-order valence-electron chi connectivity index (χ4n) is 2.03. The monoisotopic (exact) mass is 305 g/mol. The topological polar surface area (TPSA) is 64.6 Å². The van der Waals surface area contributed by atoms with E-state index in [4.69, 9.17) is 9.47 Å². The molecule has 1 aliphatic heterocycles. The molecule has 0 atom stereocenters. The van der Waals surface area contributed by atoms with Crippen molar-refractivity contribution in [2.24, 2.45) is 0 Å². The van der Waals surface area contributed by atoms with E-state index in [0.717, 1.165) is 11.1 Å². The minimum atomic E-state index is -3.51. The molecule has 0 saturated carbocycles. The molecule has 110 valence electrons. The Morgan fingerprint density at radius 2 is 1.76 bits per heavy atom. The molecule has 0 amide bonds. The molecule has 1 heterocycles. The Bertz CT molecular complexity index is 754. The number of hydrogen-bond acceptors (Lipinski definition) is 4. The maximum absolute atomic E-state index is 12.2. The Balaban J connectivity index is 1.73. The number of sulfonamides is 1. The Morgan fingerprint density at radius 1 is 1.05 bits per heavy atom. The average molecular weight is 305 g/mol. The van der Waals surface area contributed by atoms with Crippen LogP contribution < -0.4 is 14.2 Å². The molecule has 6 heteroatoms. The van der Waals surface area contributed by atoms with Crippen LogP contribution in [0.4, 0.5) is 0 Å². The van der Waals surface area contributed by atoms with Gasteiger partial charge >= 0.3 is 0 Å². The Morgan fingerprint density at radius 3 is 2.52 bits per heavy atom. The van der Waals surface area contributed by atoms with Crippen LogP contribution in [-0.2, 0) is 16.6 Å².